The van der Waals surface area contributed by atoms with Crippen LogP contribution in [-0.4, -0.2) is 40.1 Å². The van der Waals surface area contributed by atoms with Crippen LogP contribution in [0.3, 0.4) is 0 Å². The van der Waals surface area contributed by atoms with Gasteiger partial charge < -0.3 is 15.0 Å². The van der Waals surface area contributed by atoms with Gasteiger partial charge in [0.2, 0.25) is 0 Å². The number of aromatic nitrogens is 2. The number of carbonyl (C=O) groups excluding carboxylic acids is 1. The van der Waals surface area contributed by atoms with Crippen LogP contribution in [0.15, 0.2) is 30.6 Å². The predicted molar refractivity (Wildman–Crippen MR) is 93.1 cm³/mol. The molecule has 0 unspecified atom stereocenters. The number of hydrogen-bond acceptors (Lipinski definition) is 4. The van der Waals surface area contributed by atoms with Gasteiger partial charge in [-0.1, -0.05) is 34.8 Å². The Morgan fingerprint density at radius 3 is 2.67 bits per heavy atom. The van der Waals surface area contributed by atoms with E-state index in [1.807, 2.05) is 0 Å². The highest BCUT2D eigenvalue weighted by atomic mass is 35.5. The standard InChI is InChI=1S/C15H13Cl3N4O2/c16-9-6-19-14(20-7-9)24-11-3-4-22(8-11)15(23)21-10-1-2-12(17)13(18)5-10/h1-2,5-7,11H,3-4,8H2,(H,21,23)/t11-/m1/s1. The molecule has 1 fully saturated rings. The Balaban J connectivity index is 1.55. The van der Waals surface area contributed by atoms with Crippen molar-refractivity contribution in [1.29, 1.82) is 0 Å². The molecule has 1 N–H and O–H groups in total. The van der Waals surface area contributed by atoms with Crippen molar-refractivity contribution in [3.8, 4) is 6.01 Å². The van der Waals surface area contributed by atoms with Crippen LogP contribution in [0.5, 0.6) is 6.01 Å². The highest BCUT2D eigenvalue weighted by Gasteiger charge is 2.28. The summed E-state index contributed by atoms with van der Waals surface area (Å²) >= 11 is 17.5. The number of carbonyl (C=O) groups is 1. The number of nitrogens with zero attached hydrogens (tertiary/aromatic N) is 3. The second kappa shape index (κ2) is 7.42. The third kappa shape index (κ3) is 4.20. The first kappa shape index (κ1) is 17.1. The van der Waals surface area contributed by atoms with Crippen molar-refractivity contribution in [2.45, 2.75) is 12.5 Å². The van der Waals surface area contributed by atoms with E-state index in [4.69, 9.17) is 39.5 Å². The maximum absolute atomic E-state index is 12.3. The summed E-state index contributed by atoms with van der Waals surface area (Å²) in [5.74, 6) is 0. The van der Waals surface area contributed by atoms with E-state index in [2.05, 4.69) is 15.3 Å². The number of anilines is 1. The van der Waals surface area contributed by atoms with Crippen molar-refractivity contribution in [1.82, 2.24) is 14.9 Å². The van der Waals surface area contributed by atoms with E-state index in [0.29, 0.717) is 40.3 Å². The van der Waals surface area contributed by atoms with E-state index in [1.54, 1.807) is 23.1 Å². The molecule has 9 heteroatoms. The van der Waals surface area contributed by atoms with Gasteiger partial charge in [-0.3, -0.25) is 0 Å². The first-order chi connectivity index (χ1) is 11.5. The molecule has 2 amide bonds. The topological polar surface area (TPSA) is 67.4 Å². The smallest absolute Gasteiger partial charge is 0.321 e. The lowest BCUT2D eigenvalue weighted by atomic mass is 10.3. The minimum Gasteiger partial charge on any atom is -0.458 e. The van der Waals surface area contributed by atoms with Crippen LogP contribution < -0.4 is 10.1 Å². The van der Waals surface area contributed by atoms with Crippen molar-refractivity contribution >= 4 is 46.5 Å². The monoisotopic (exact) mass is 386 g/mol. The SMILES string of the molecule is O=C(Nc1ccc(Cl)c(Cl)c1)N1CC[C@@H](Oc2ncc(Cl)cn2)C1. The Bertz CT molecular complexity index is 742. The molecule has 1 aromatic carbocycles. The number of likely N-dealkylation sites (tertiary alicyclic amines) is 1. The molecule has 0 bridgehead atoms. The minimum absolute atomic E-state index is 0.161. The van der Waals surface area contributed by atoms with Crippen molar-refractivity contribution < 1.29 is 9.53 Å². The van der Waals surface area contributed by atoms with Crippen LogP contribution in [-0.2, 0) is 0 Å². The summed E-state index contributed by atoms with van der Waals surface area (Å²) in [6.07, 6.45) is 3.47. The molecule has 1 aliphatic heterocycles. The lowest BCUT2D eigenvalue weighted by molar-refractivity contribution is 0.184. The molecule has 126 valence electrons. The molecule has 2 aromatic rings. The first-order valence-corrected chi connectivity index (χ1v) is 8.30. The van der Waals surface area contributed by atoms with Crippen molar-refractivity contribution in [2.75, 3.05) is 18.4 Å². The van der Waals surface area contributed by atoms with Gasteiger partial charge in [-0.2, -0.15) is 0 Å². The molecule has 1 aliphatic rings. The van der Waals surface area contributed by atoms with Gasteiger partial charge in [-0.05, 0) is 18.2 Å². The Hall–Kier alpha value is -1.76. The Kier molecular flexibility index (Phi) is 5.28. The van der Waals surface area contributed by atoms with E-state index < -0.39 is 0 Å². The molecule has 0 aliphatic carbocycles. The normalized spacial score (nSPS) is 17.0. The van der Waals surface area contributed by atoms with Gasteiger partial charge in [0.05, 0.1) is 34.0 Å². The summed E-state index contributed by atoms with van der Waals surface area (Å²) in [6, 6.07) is 4.95. The van der Waals surface area contributed by atoms with Crippen molar-refractivity contribution in [2.24, 2.45) is 0 Å². The molecular weight excluding hydrogens is 375 g/mol. The molecule has 1 atom stereocenters. The number of urea groups is 1. The maximum atomic E-state index is 12.3. The number of halogens is 3. The Morgan fingerprint density at radius 2 is 1.96 bits per heavy atom. The molecule has 1 aromatic heterocycles. The van der Waals surface area contributed by atoms with Crippen LogP contribution in [0.1, 0.15) is 6.42 Å². The van der Waals surface area contributed by atoms with E-state index in [0.717, 1.165) is 0 Å². The average Bonchev–Trinajstić information content (AvgIpc) is 3.02. The van der Waals surface area contributed by atoms with Crippen LogP contribution in [0.2, 0.25) is 15.1 Å². The van der Waals surface area contributed by atoms with Crippen LogP contribution in [0.4, 0.5) is 10.5 Å². The summed E-state index contributed by atoms with van der Waals surface area (Å²) in [7, 11) is 0. The largest absolute Gasteiger partial charge is 0.458 e. The van der Waals surface area contributed by atoms with Gasteiger partial charge in [0.15, 0.2) is 0 Å². The third-order valence-corrected chi connectivity index (χ3v) is 4.41. The van der Waals surface area contributed by atoms with E-state index in [9.17, 15) is 4.79 Å². The number of nitrogens with one attached hydrogen (secondary N) is 1. The predicted octanol–water partition coefficient (Wildman–Crippen LogP) is 4.12. The number of rotatable bonds is 3. The fraction of sp³-hybridized carbons (Fsp3) is 0.267. The third-order valence-electron chi connectivity index (χ3n) is 3.47. The second-order valence-electron chi connectivity index (χ2n) is 5.22. The summed E-state index contributed by atoms with van der Waals surface area (Å²) in [5, 5.41) is 4.05. The fourth-order valence-corrected chi connectivity index (χ4v) is 2.69. The quantitative estimate of drug-likeness (QED) is 0.860. The van der Waals surface area contributed by atoms with Gasteiger partial charge in [0.1, 0.15) is 6.10 Å². The van der Waals surface area contributed by atoms with Crippen LogP contribution in [0.25, 0.3) is 0 Å². The van der Waals surface area contributed by atoms with Gasteiger partial charge in [-0.25, -0.2) is 14.8 Å². The highest BCUT2D eigenvalue weighted by Crippen LogP contribution is 2.25. The van der Waals surface area contributed by atoms with Gasteiger partial charge >= 0.3 is 12.0 Å². The van der Waals surface area contributed by atoms with Crippen molar-refractivity contribution in [3.05, 3.63) is 45.7 Å². The average molecular weight is 388 g/mol. The Labute approximate surface area is 153 Å². The van der Waals surface area contributed by atoms with E-state index in [-0.39, 0.29) is 18.1 Å². The lowest BCUT2D eigenvalue weighted by Gasteiger charge is -2.17. The number of ether oxygens (including phenoxy) is 1. The molecule has 0 radical (unpaired) electrons. The highest BCUT2D eigenvalue weighted by molar-refractivity contribution is 6.42. The molecule has 24 heavy (non-hydrogen) atoms. The van der Waals surface area contributed by atoms with Gasteiger partial charge in [-0.15, -0.1) is 0 Å². The maximum Gasteiger partial charge on any atom is 0.321 e. The van der Waals surface area contributed by atoms with Crippen LogP contribution >= 0.6 is 34.8 Å². The van der Waals surface area contributed by atoms with E-state index >= 15 is 0 Å². The fourth-order valence-electron chi connectivity index (χ4n) is 2.30. The number of hydrogen-bond donors (Lipinski definition) is 1. The summed E-state index contributed by atoms with van der Waals surface area (Å²) in [4.78, 5) is 21.9. The zero-order chi connectivity index (χ0) is 17.1. The lowest BCUT2D eigenvalue weighted by Crippen LogP contribution is -2.34. The van der Waals surface area contributed by atoms with Gasteiger partial charge in [0, 0.05) is 18.7 Å². The second-order valence-corrected chi connectivity index (χ2v) is 6.47. The molecule has 0 saturated carbocycles. The van der Waals surface area contributed by atoms with Crippen LogP contribution in [0, 0.1) is 0 Å². The summed E-state index contributed by atoms with van der Waals surface area (Å²) < 4.78 is 5.65. The molecule has 6 nitrogen and oxygen atoms in total. The number of benzene rings is 1. The Morgan fingerprint density at radius 1 is 1.21 bits per heavy atom. The van der Waals surface area contributed by atoms with Crippen molar-refractivity contribution in [3.63, 3.8) is 0 Å². The van der Waals surface area contributed by atoms with E-state index in [1.165, 1.54) is 12.4 Å². The summed E-state index contributed by atoms with van der Waals surface area (Å²) in [6.45, 7) is 1.02. The molecule has 3 rings (SSSR count). The number of amides is 2. The molecular formula is C15H13Cl3N4O2. The molecule has 0 spiro atoms. The summed E-state index contributed by atoms with van der Waals surface area (Å²) in [5.41, 5.74) is 0.583. The zero-order valence-electron chi connectivity index (χ0n) is 12.4. The molecule has 2 heterocycles. The minimum atomic E-state index is -0.225. The van der Waals surface area contributed by atoms with Gasteiger partial charge in [0.25, 0.3) is 0 Å². The molecule has 1 saturated heterocycles. The zero-order valence-corrected chi connectivity index (χ0v) is 14.6. The first-order valence-electron chi connectivity index (χ1n) is 7.16.